The second kappa shape index (κ2) is 5.69. The summed E-state index contributed by atoms with van der Waals surface area (Å²) in [7, 11) is 0. The maximum Gasteiger partial charge on any atom is 0.228 e. The summed E-state index contributed by atoms with van der Waals surface area (Å²) in [6.45, 7) is 5.76. The Kier molecular flexibility index (Phi) is 4.00. The van der Waals surface area contributed by atoms with Crippen LogP contribution in [0.1, 0.15) is 29.5 Å². The fourth-order valence-corrected chi connectivity index (χ4v) is 1.94. The van der Waals surface area contributed by atoms with Gasteiger partial charge in [-0.15, -0.1) is 0 Å². The summed E-state index contributed by atoms with van der Waals surface area (Å²) in [4.78, 5) is 12.0. The minimum atomic E-state index is -0.0568. The molecule has 0 spiro atoms. The smallest absolute Gasteiger partial charge is 0.228 e. The largest absolute Gasteiger partial charge is 0.361 e. The van der Waals surface area contributed by atoms with E-state index in [1.165, 1.54) is 5.56 Å². The van der Waals surface area contributed by atoms with Crippen molar-refractivity contribution >= 4 is 11.6 Å². The van der Waals surface area contributed by atoms with Crippen LogP contribution in [0.15, 0.2) is 28.8 Å². The first-order valence-electron chi connectivity index (χ1n) is 6.40. The summed E-state index contributed by atoms with van der Waals surface area (Å²) in [6.07, 6.45) is 1.28. The van der Waals surface area contributed by atoms with Crippen molar-refractivity contribution in [3.05, 3.63) is 46.8 Å². The van der Waals surface area contributed by atoms with Gasteiger partial charge in [0.25, 0.3) is 0 Å². The molecular weight excluding hydrogens is 240 g/mol. The first-order chi connectivity index (χ1) is 9.10. The highest BCUT2D eigenvalue weighted by Gasteiger charge is 2.13. The molecule has 1 aromatic carbocycles. The molecule has 1 aromatic heterocycles. The van der Waals surface area contributed by atoms with Gasteiger partial charge in [-0.2, -0.15) is 0 Å². The lowest BCUT2D eigenvalue weighted by Crippen LogP contribution is -2.15. The van der Waals surface area contributed by atoms with Crippen LogP contribution in [0.25, 0.3) is 0 Å². The molecule has 0 aliphatic carbocycles. The molecule has 1 heterocycles. The maximum absolute atomic E-state index is 12.0. The quantitative estimate of drug-likeness (QED) is 0.917. The Labute approximate surface area is 112 Å². The molecule has 0 radical (unpaired) electrons. The number of nitrogens with zero attached hydrogens (tertiary/aromatic N) is 1. The molecule has 0 saturated carbocycles. The normalized spacial score (nSPS) is 10.5. The Morgan fingerprint density at radius 3 is 2.47 bits per heavy atom. The van der Waals surface area contributed by atoms with Gasteiger partial charge >= 0.3 is 0 Å². The van der Waals surface area contributed by atoms with Gasteiger partial charge in [0.1, 0.15) is 5.76 Å². The van der Waals surface area contributed by atoms with Gasteiger partial charge in [0, 0.05) is 11.3 Å². The molecule has 19 heavy (non-hydrogen) atoms. The third-order valence-corrected chi connectivity index (χ3v) is 3.16. The number of nitrogens with one attached hydrogen (secondary N) is 1. The monoisotopic (exact) mass is 258 g/mol. The van der Waals surface area contributed by atoms with Crippen LogP contribution >= 0.6 is 0 Å². The number of hydrogen-bond acceptors (Lipinski definition) is 3. The molecule has 1 N–H and O–H groups in total. The van der Waals surface area contributed by atoms with Gasteiger partial charge in [0.15, 0.2) is 0 Å². The molecule has 0 atom stereocenters. The summed E-state index contributed by atoms with van der Waals surface area (Å²) in [5.41, 5.74) is 3.70. The van der Waals surface area contributed by atoms with Crippen LogP contribution in [0, 0.1) is 13.8 Å². The number of hydrogen-bond donors (Lipinski definition) is 1. The molecule has 0 bridgehead atoms. The number of aromatic nitrogens is 1. The van der Waals surface area contributed by atoms with Crippen LogP contribution in [0.5, 0.6) is 0 Å². The maximum atomic E-state index is 12.0. The summed E-state index contributed by atoms with van der Waals surface area (Å²) in [5, 5.41) is 6.72. The first kappa shape index (κ1) is 13.3. The van der Waals surface area contributed by atoms with Crippen molar-refractivity contribution < 1.29 is 9.32 Å². The first-order valence-corrected chi connectivity index (χ1v) is 6.40. The van der Waals surface area contributed by atoms with E-state index in [0.717, 1.165) is 23.4 Å². The van der Waals surface area contributed by atoms with E-state index in [9.17, 15) is 4.79 Å². The predicted molar refractivity (Wildman–Crippen MR) is 74.1 cm³/mol. The van der Waals surface area contributed by atoms with Crippen molar-refractivity contribution in [2.75, 3.05) is 5.32 Å². The second-order valence-corrected chi connectivity index (χ2v) is 4.58. The van der Waals surface area contributed by atoms with Gasteiger partial charge in [-0.25, -0.2) is 0 Å². The summed E-state index contributed by atoms with van der Waals surface area (Å²) in [5.74, 6) is 0.646. The molecule has 4 heteroatoms. The van der Waals surface area contributed by atoms with Gasteiger partial charge in [-0.05, 0) is 38.0 Å². The van der Waals surface area contributed by atoms with Crippen LogP contribution in [0.4, 0.5) is 5.69 Å². The standard InChI is InChI=1S/C15H18N2O2/c1-4-12-5-7-13(8-6-12)16-15(18)9-14-10(2)17-19-11(14)3/h5-8H,4,9H2,1-3H3,(H,16,18). The zero-order valence-corrected chi connectivity index (χ0v) is 11.5. The third kappa shape index (κ3) is 3.22. The number of carbonyl (C=O) groups is 1. The van der Waals surface area contributed by atoms with Crippen molar-refractivity contribution in [2.24, 2.45) is 0 Å². The Morgan fingerprint density at radius 2 is 1.95 bits per heavy atom. The number of aryl methyl sites for hydroxylation is 3. The third-order valence-electron chi connectivity index (χ3n) is 3.16. The molecule has 2 aromatic rings. The van der Waals surface area contributed by atoms with Crippen LogP contribution < -0.4 is 5.32 Å². The Bertz CT molecular complexity index is 551. The molecule has 1 amide bonds. The molecular formula is C15H18N2O2. The minimum absolute atomic E-state index is 0.0568. The van der Waals surface area contributed by atoms with Crippen LogP contribution in [0.3, 0.4) is 0 Å². The fourth-order valence-electron chi connectivity index (χ4n) is 1.94. The van der Waals surface area contributed by atoms with Gasteiger partial charge < -0.3 is 9.84 Å². The van der Waals surface area contributed by atoms with Crippen molar-refractivity contribution in [3.8, 4) is 0 Å². The number of benzene rings is 1. The van der Waals surface area contributed by atoms with Gasteiger partial charge in [-0.1, -0.05) is 24.2 Å². The van der Waals surface area contributed by atoms with Crippen LogP contribution in [-0.2, 0) is 17.6 Å². The van der Waals surface area contributed by atoms with E-state index in [0.29, 0.717) is 5.76 Å². The van der Waals surface area contributed by atoms with Crippen molar-refractivity contribution in [1.82, 2.24) is 5.16 Å². The lowest BCUT2D eigenvalue weighted by molar-refractivity contribution is -0.115. The molecule has 2 rings (SSSR count). The molecule has 0 unspecified atom stereocenters. The highest BCUT2D eigenvalue weighted by Crippen LogP contribution is 2.15. The molecule has 100 valence electrons. The zero-order valence-electron chi connectivity index (χ0n) is 11.5. The lowest BCUT2D eigenvalue weighted by Gasteiger charge is -2.05. The molecule has 0 fully saturated rings. The Hall–Kier alpha value is -2.10. The average molecular weight is 258 g/mol. The second-order valence-electron chi connectivity index (χ2n) is 4.58. The van der Waals surface area contributed by atoms with Crippen molar-refractivity contribution in [1.29, 1.82) is 0 Å². The van der Waals surface area contributed by atoms with E-state index < -0.39 is 0 Å². The summed E-state index contributed by atoms with van der Waals surface area (Å²) >= 11 is 0. The summed E-state index contributed by atoms with van der Waals surface area (Å²) < 4.78 is 5.05. The molecule has 0 aliphatic rings. The van der Waals surface area contributed by atoms with Crippen molar-refractivity contribution in [2.45, 2.75) is 33.6 Å². The van der Waals surface area contributed by atoms with Crippen molar-refractivity contribution in [3.63, 3.8) is 0 Å². The van der Waals surface area contributed by atoms with Gasteiger partial charge in [0.2, 0.25) is 5.91 Å². The van der Waals surface area contributed by atoms with E-state index in [1.807, 2.05) is 38.1 Å². The van der Waals surface area contributed by atoms with Gasteiger partial charge in [-0.3, -0.25) is 4.79 Å². The van der Waals surface area contributed by atoms with E-state index >= 15 is 0 Å². The predicted octanol–water partition coefficient (Wildman–Crippen LogP) is 3.04. The summed E-state index contributed by atoms with van der Waals surface area (Å²) in [6, 6.07) is 7.88. The lowest BCUT2D eigenvalue weighted by atomic mass is 10.1. The fraction of sp³-hybridized carbons (Fsp3) is 0.333. The number of amides is 1. The van der Waals surface area contributed by atoms with Crippen LogP contribution in [-0.4, -0.2) is 11.1 Å². The minimum Gasteiger partial charge on any atom is -0.361 e. The SMILES string of the molecule is CCc1ccc(NC(=O)Cc2c(C)noc2C)cc1. The molecule has 4 nitrogen and oxygen atoms in total. The number of rotatable bonds is 4. The topological polar surface area (TPSA) is 55.1 Å². The zero-order chi connectivity index (χ0) is 13.8. The molecule has 0 saturated heterocycles. The number of carbonyl (C=O) groups excluding carboxylic acids is 1. The Balaban J connectivity index is 2.01. The number of anilines is 1. The van der Waals surface area contributed by atoms with Crippen LogP contribution in [0.2, 0.25) is 0 Å². The van der Waals surface area contributed by atoms with Gasteiger partial charge in [0.05, 0.1) is 12.1 Å². The van der Waals surface area contributed by atoms with E-state index in [1.54, 1.807) is 0 Å². The van der Waals surface area contributed by atoms with E-state index in [-0.39, 0.29) is 12.3 Å². The highest BCUT2D eigenvalue weighted by atomic mass is 16.5. The van der Waals surface area contributed by atoms with E-state index in [4.69, 9.17) is 4.52 Å². The average Bonchev–Trinajstić information content (AvgIpc) is 2.71. The van der Waals surface area contributed by atoms with E-state index in [2.05, 4.69) is 17.4 Å². The Morgan fingerprint density at radius 1 is 1.26 bits per heavy atom. The molecule has 0 aliphatic heterocycles. The highest BCUT2D eigenvalue weighted by molar-refractivity contribution is 5.92.